The van der Waals surface area contributed by atoms with Gasteiger partial charge in [0.05, 0.1) is 11.2 Å². The van der Waals surface area contributed by atoms with Gasteiger partial charge in [-0.1, -0.05) is 30.3 Å². The minimum Gasteiger partial charge on any atom is -0.423 e. The highest BCUT2D eigenvalue weighted by molar-refractivity contribution is 6.58. The second kappa shape index (κ2) is 8.04. The molecule has 0 spiro atoms. The maximum absolute atomic E-state index is 11.7. The number of fused-ring (bicyclic) bond motifs is 2. The van der Waals surface area contributed by atoms with Crippen molar-refractivity contribution < 1.29 is 14.8 Å². The first-order chi connectivity index (χ1) is 15.5. The highest BCUT2D eigenvalue weighted by atomic mass is 16.4. The number of aromatic nitrogens is 4. The molecule has 1 aromatic carbocycles. The molecule has 0 fully saturated rings. The van der Waals surface area contributed by atoms with E-state index in [0.29, 0.717) is 53.6 Å². The quantitative estimate of drug-likeness (QED) is 0.264. The van der Waals surface area contributed by atoms with Crippen molar-refractivity contribution in [3.05, 3.63) is 71.3 Å². The molecule has 4 aromatic rings. The number of benzene rings is 1. The lowest BCUT2D eigenvalue weighted by Crippen LogP contribution is -2.30. The number of pyridine rings is 1. The number of primary amides is 1. The summed E-state index contributed by atoms with van der Waals surface area (Å²) in [6.45, 7) is 1.70. The van der Waals surface area contributed by atoms with E-state index in [1.807, 2.05) is 12.1 Å². The van der Waals surface area contributed by atoms with Crippen molar-refractivity contribution in [3.63, 3.8) is 0 Å². The van der Waals surface area contributed by atoms with Gasteiger partial charge >= 0.3 is 7.12 Å². The summed E-state index contributed by atoms with van der Waals surface area (Å²) >= 11 is 0. The van der Waals surface area contributed by atoms with Gasteiger partial charge in [0.25, 0.3) is 5.91 Å². The summed E-state index contributed by atoms with van der Waals surface area (Å²) in [7, 11) is -1.52. The van der Waals surface area contributed by atoms with E-state index >= 15 is 0 Å². The highest BCUT2D eigenvalue weighted by Crippen LogP contribution is 2.28. The summed E-state index contributed by atoms with van der Waals surface area (Å²) in [4.78, 5) is 25.6. The number of nitrogens with zero attached hydrogens (tertiary/aromatic N) is 4. The van der Waals surface area contributed by atoms with Crippen LogP contribution in [0.15, 0.2) is 48.8 Å². The Bertz CT molecular complexity index is 1340. The molecule has 0 radical (unpaired) electrons. The lowest BCUT2D eigenvalue weighted by Gasteiger charge is -2.12. The molecule has 5 rings (SSSR count). The number of rotatable bonds is 6. The second-order valence-electron chi connectivity index (χ2n) is 7.52. The van der Waals surface area contributed by atoms with Gasteiger partial charge in [-0.2, -0.15) is 0 Å². The third-order valence-corrected chi connectivity index (χ3v) is 5.43. The zero-order valence-corrected chi connectivity index (χ0v) is 17.0. The van der Waals surface area contributed by atoms with E-state index in [1.165, 1.54) is 0 Å². The molecule has 0 atom stereocenters. The normalized spacial score (nSPS) is 12.7. The number of hydrogen-bond donors (Lipinski definition) is 5. The molecule has 3 aromatic heterocycles. The first-order valence-electron chi connectivity index (χ1n) is 10.1. The molecule has 0 aliphatic carbocycles. The van der Waals surface area contributed by atoms with Crippen LogP contribution in [0.5, 0.6) is 0 Å². The third kappa shape index (κ3) is 3.58. The molecule has 1 amide bonds. The SMILES string of the molecule is NC(=O)c1cccc2c(-c3nc4c(c(NCc5cccc(B(O)O)c5)n3)CNC4)ncn12. The zero-order valence-electron chi connectivity index (χ0n) is 17.0. The van der Waals surface area contributed by atoms with E-state index in [-0.39, 0.29) is 0 Å². The summed E-state index contributed by atoms with van der Waals surface area (Å²) in [6, 6.07) is 12.3. The number of carbonyl (C=O) groups is 1. The van der Waals surface area contributed by atoms with E-state index in [1.54, 1.807) is 41.1 Å². The van der Waals surface area contributed by atoms with Crippen LogP contribution in [0.3, 0.4) is 0 Å². The molecule has 160 valence electrons. The van der Waals surface area contributed by atoms with Crippen LogP contribution in [0.2, 0.25) is 0 Å². The molecule has 11 heteroatoms. The van der Waals surface area contributed by atoms with Crippen LogP contribution in [-0.4, -0.2) is 42.4 Å². The van der Waals surface area contributed by atoms with Crippen molar-refractivity contribution >= 4 is 29.8 Å². The van der Waals surface area contributed by atoms with E-state index < -0.39 is 13.0 Å². The fourth-order valence-corrected chi connectivity index (χ4v) is 3.86. The number of nitrogens with two attached hydrogens (primary N) is 1. The summed E-state index contributed by atoms with van der Waals surface area (Å²) in [5.74, 6) is 0.576. The Morgan fingerprint density at radius 3 is 2.84 bits per heavy atom. The Labute approximate surface area is 183 Å². The summed E-state index contributed by atoms with van der Waals surface area (Å²) < 4.78 is 1.63. The van der Waals surface area contributed by atoms with Crippen molar-refractivity contribution in [2.45, 2.75) is 19.6 Å². The predicted molar refractivity (Wildman–Crippen MR) is 119 cm³/mol. The molecule has 0 unspecified atom stereocenters. The molecule has 0 saturated heterocycles. The molecule has 6 N–H and O–H groups in total. The van der Waals surface area contributed by atoms with Crippen molar-refractivity contribution in [2.75, 3.05) is 5.32 Å². The van der Waals surface area contributed by atoms with Crippen molar-refractivity contribution in [3.8, 4) is 11.5 Å². The number of anilines is 1. The standard InChI is InChI=1S/C21H20BN7O3/c23-19(30)17-6-2-5-16-18(26-11-29(16)17)21-27-15-10-24-9-14(15)20(28-21)25-8-12-3-1-4-13(7-12)22(31)32/h1-7,11,24,31-32H,8-10H2,(H2,23,30)(H,25,27,28). The topological polar surface area (TPSA) is 151 Å². The largest absolute Gasteiger partial charge is 0.488 e. The van der Waals surface area contributed by atoms with Crippen LogP contribution in [0.4, 0.5) is 5.82 Å². The van der Waals surface area contributed by atoms with Crippen LogP contribution in [0, 0.1) is 0 Å². The molecule has 10 nitrogen and oxygen atoms in total. The van der Waals surface area contributed by atoms with Crippen LogP contribution >= 0.6 is 0 Å². The average Bonchev–Trinajstić information content (AvgIpc) is 3.44. The highest BCUT2D eigenvalue weighted by Gasteiger charge is 2.22. The Balaban J connectivity index is 1.52. The lowest BCUT2D eigenvalue weighted by molar-refractivity contribution is 0.0994. The molecule has 0 bridgehead atoms. The van der Waals surface area contributed by atoms with Gasteiger partial charge < -0.3 is 26.4 Å². The Hall–Kier alpha value is -3.80. The zero-order chi connectivity index (χ0) is 22.2. The molecule has 4 heterocycles. The van der Waals surface area contributed by atoms with Crippen molar-refractivity contribution in [1.82, 2.24) is 24.7 Å². The van der Waals surface area contributed by atoms with Gasteiger partial charge in [-0.25, -0.2) is 15.0 Å². The maximum atomic E-state index is 11.7. The maximum Gasteiger partial charge on any atom is 0.488 e. The summed E-state index contributed by atoms with van der Waals surface area (Å²) in [5.41, 5.74) is 10.2. The Kier molecular flexibility index (Phi) is 5.06. The van der Waals surface area contributed by atoms with E-state index in [4.69, 9.17) is 15.7 Å². The van der Waals surface area contributed by atoms with Gasteiger partial charge in [0.2, 0.25) is 0 Å². The molecule has 0 saturated carbocycles. The first-order valence-corrected chi connectivity index (χ1v) is 10.1. The summed E-state index contributed by atoms with van der Waals surface area (Å²) in [5, 5.41) is 25.5. The van der Waals surface area contributed by atoms with E-state index in [9.17, 15) is 14.8 Å². The first kappa shape index (κ1) is 20.1. The van der Waals surface area contributed by atoms with Crippen LogP contribution in [-0.2, 0) is 19.6 Å². The van der Waals surface area contributed by atoms with Crippen LogP contribution < -0.4 is 21.8 Å². The number of hydrogen-bond acceptors (Lipinski definition) is 8. The van der Waals surface area contributed by atoms with Gasteiger partial charge in [-0.05, 0) is 23.2 Å². The van der Waals surface area contributed by atoms with Gasteiger partial charge in [-0.15, -0.1) is 0 Å². The van der Waals surface area contributed by atoms with Gasteiger partial charge in [0.15, 0.2) is 5.82 Å². The monoisotopic (exact) mass is 429 g/mol. The number of nitrogens with one attached hydrogen (secondary N) is 2. The van der Waals surface area contributed by atoms with Crippen LogP contribution in [0.25, 0.3) is 17.0 Å². The number of amides is 1. The van der Waals surface area contributed by atoms with Crippen molar-refractivity contribution in [1.29, 1.82) is 0 Å². The number of carbonyl (C=O) groups excluding carboxylic acids is 1. The minimum atomic E-state index is -1.52. The number of imidazole rings is 1. The second-order valence-corrected chi connectivity index (χ2v) is 7.52. The molecule has 32 heavy (non-hydrogen) atoms. The lowest BCUT2D eigenvalue weighted by atomic mass is 9.79. The summed E-state index contributed by atoms with van der Waals surface area (Å²) in [6.07, 6.45) is 1.54. The van der Waals surface area contributed by atoms with Crippen molar-refractivity contribution in [2.24, 2.45) is 5.73 Å². The minimum absolute atomic E-state index is 0.327. The fourth-order valence-electron chi connectivity index (χ4n) is 3.86. The Morgan fingerprint density at radius 2 is 2.03 bits per heavy atom. The molecular formula is C21H20BN7O3. The third-order valence-electron chi connectivity index (χ3n) is 5.43. The smallest absolute Gasteiger partial charge is 0.423 e. The Morgan fingerprint density at radius 1 is 1.19 bits per heavy atom. The van der Waals surface area contributed by atoms with E-state index in [2.05, 4.69) is 15.6 Å². The molecule has 1 aliphatic rings. The van der Waals surface area contributed by atoms with Gasteiger partial charge in [-0.3, -0.25) is 9.20 Å². The van der Waals surface area contributed by atoms with Gasteiger partial charge in [0, 0.05) is 25.2 Å². The van der Waals surface area contributed by atoms with Gasteiger partial charge in [0.1, 0.15) is 23.5 Å². The predicted octanol–water partition coefficient (Wildman–Crippen LogP) is -0.215. The van der Waals surface area contributed by atoms with E-state index in [0.717, 1.165) is 16.8 Å². The molecular weight excluding hydrogens is 409 g/mol. The molecule has 1 aliphatic heterocycles. The van der Waals surface area contributed by atoms with Crippen LogP contribution in [0.1, 0.15) is 27.3 Å². The average molecular weight is 429 g/mol. The fraction of sp³-hybridized carbons (Fsp3) is 0.143.